The quantitative estimate of drug-likeness (QED) is 0.728. The minimum atomic E-state index is 0. The average molecular weight is 314 g/mol. The van der Waals surface area contributed by atoms with Gasteiger partial charge in [-0.15, -0.1) is 0 Å². The number of hydrogen-bond donors (Lipinski definition) is 0. The van der Waals surface area contributed by atoms with E-state index in [1.165, 1.54) is 0 Å². The summed E-state index contributed by atoms with van der Waals surface area (Å²) in [6.07, 6.45) is 0. The molecule has 0 aliphatic rings. The van der Waals surface area contributed by atoms with Crippen LogP contribution in [0, 0.1) is 27.7 Å². The van der Waals surface area contributed by atoms with E-state index in [1.54, 1.807) is 0 Å². The summed E-state index contributed by atoms with van der Waals surface area (Å²) in [6, 6.07) is 0. The maximum Gasteiger partial charge on any atom is 0.0588 e. The number of nitrogens with zero attached hydrogens (tertiary/aromatic N) is 2. The fraction of sp³-hybridized carbons (Fsp3) is 0.500. The van der Waals surface area contributed by atoms with Crippen LogP contribution < -0.4 is 0 Å². The van der Waals surface area contributed by atoms with E-state index >= 15 is 0 Å². The van der Waals surface area contributed by atoms with Crippen LogP contribution in [0.1, 0.15) is 22.8 Å². The molecular weight excluding hydrogens is 302 g/mol. The Morgan fingerprint density at radius 3 is 0.917 bits per heavy atom. The fourth-order valence-corrected chi connectivity index (χ4v) is 0.827. The van der Waals surface area contributed by atoms with E-state index in [1.807, 2.05) is 27.7 Å². The molecular formula is C8H12N2Y2. The Kier molecular flexibility index (Phi) is 8.79. The van der Waals surface area contributed by atoms with Gasteiger partial charge < -0.3 is 0 Å². The SMILES string of the molecule is Cc1nc(C)c(C)nc1C.[Y].[Y]. The first-order valence-corrected chi connectivity index (χ1v) is 3.39. The summed E-state index contributed by atoms with van der Waals surface area (Å²) in [4.78, 5) is 8.62. The molecule has 0 aromatic carbocycles. The second-order valence-electron chi connectivity index (χ2n) is 2.57. The van der Waals surface area contributed by atoms with Crippen LogP contribution in [0.4, 0.5) is 0 Å². The van der Waals surface area contributed by atoms with Crippen molar-refractivity contribution in [2.24, 2.45) is 0 Å². The molecule has 4 heteroatoms. The Morgan fingerprint density at radius 1 is 0.583 bits per heavy atom. The van der Waals surface area contributed by atoms with Crippen molar-refractivity contribution in [2.75, 3.05) is 0 Å². The van der Waals surface area contributed by atoms with Crippen LogP contribution >= 0.6 is 0 Å². The van der Waals surface area contributed by atoms with Gasteiger partial charge in [0.2, 0.25) is 0 Å². The molecule has 12 heavy (non-hydrogen) atoms. The van der Waals surface area contributed by atoms with Gasteiger partial charge in [-0.2, -0.15) is 0 Å². The number of aromatic nitrogens is 2. The van der Waals surface area contributed by atoms with Crippen molar-refractivity contribution in [3.63, 3.8) is 0 Å². The summed E-state index contributed by atoms with van der Waals surface area (Å²) in [5.74, 6) is 0. The summed E-state index contributed by atoms with van der Waals surface area (Å²) in [5.41, 5.74) is 4.12. The summed E-state index contributed by atoms with van der Waals surface area (Å²) in [5, 5.41) is 0. The van der Waals surface area contributed by atoms with Crippen molar-refractivity contribution in [2.45, 2.75) is 27.7 Å². The summed E-state index contributed by atoms with van der Waals surface area (Å²) >= 11 is 0. The van der Waals surface area contributed by atoms with Crippen molar-refractivity contribution in [1.82, 2.24) is 9.97 Å². The van der Waals surface area contributed by atoms with Crippen LogP contribution in [0.5, 0.6) is 0 Å². The van der Waals surface area contributed by atoms with Gasteiger partial charge in [-0.05, 0) is 27.7 Å². The van der Waals surface area contributed by atoms with Gasteiger partial charge in [0.05, 0.1) is 22.8 Å². The third kappa shape index (κ3) is 4.00. The molecule has 1 rings (SSSR count). The molecule has 0 aliphatic heterocycles. The standard InChI is InChI=1S/C8H12N2.2Y/c1-5-6(2)10-8(4)7(3)9-5;;/h1-4H3;;. The normalized spacial score (nSPS) is 8.33. The number of rotatable bonds is 0. The molecule has 60 valence electrons. The molecule has 0 saturated carbocycles. The van der Waals surface area contributed by atoms with E-state index in [0.29, 0.717) is 0 Å². The maximum atomic E-state index is 4.31. The summed E-state index contributed by atoms with van der Waals surface area (Å²) in [7, 11) is 0. The molecule has 0 atom stereocenters. The Hall–Kier alpha value is 1.29. The Morgan fingerprint density at radius 2 is 0.750 bits per heavy atom. The molecule has 0 fully saturated rings. The zero-order valence-electron chi connectivity index (χ0n) is 8.05. The predicted molar refractivity (Wildman–Crippen MR) is 41.0 cm³/mol. The largest absolute Gasteiger partial charge is 0.255 e. The van der Waals surface area contributed by atoms with Crippen LogP contribution in [0.25, 0.3) is 0 Å². The van der Waals surface area contributed by atoms with E-state index in [-0.39, 0.29) is 65.4 Å². The Labute approximate surface area is 124 Å². The van der Waals surface area contributed by atoms with Gasteiger partial charge in [-0.3, -0.25) is 9.97 Å². The van der Waals surface area contributed by atoms with E-state index in [2.05, 4.69) is 9.97 Å². The van der Waals surface area contributed by atoms with Gasteiger partial charge in [0.25, 0.3) is 0 Å². The van der Waals surface area contributed by atoms with E-state index < -0.39 is 0 Å². The fourth-order valence-electron chi connectivity index (χ4n) is 0.827. The van der Waals surface area contributed by atoms with Crippen molar-refractivity contribution in [1.29, 1.82) is 0 Å². The molecule has 0 bridgehead atoms. The molecule has 2 radical (unpaired) electrons. The van der Waals surface area contributed by atoms with Gasteiger partial charge in [0.1, 0.15) is 0 Å². The summed E-state index contributed by atoms with van der Waals surface area (Å²) < 4.78 is 0. The maximum absolute atomic E-state index is 4.31. The molecule has 2 nitrogen and oxygen atoms in total. The van der Waals surface area contributed by atoms with Crippen molar-refractivity contribution in [3.8, 4) is 0 Å². The van der Waals surface area contributed by atoms with Gasteiger partial charge in [-0.25, -0.2) is 0 Å². The third-order valence-electron chi connectivity index (χ3n) is 1.72. The second-order valence-corrected chi connectivity index (χ2v) is 2.57. The zero-order valence-corrected chi connectivity index (χ0v) is 13.7. The van der Waals surface area contributed by atoms with Crippen LogP contribution in [0.15, 0.2) is 0 Å². The molecule has 0 amide bonds. The number of aryl methyl sites for hydroxylation is 4. The first kappa shape index (κ1) is 15.7. The Bertz CT molecular complexity index is 211. The van der Waals surface area contributed by atoms with Crippen molar-refractivity contribution < 1.29 is 65.4 Å². The minimum Gasteiger partial charge on any atom is -0.255 e. The third-order valence-corrected chi connectivity index (χ3v) is 1.72. The van der Waals surface area contributed by atoms with Crippen LogP contribution in [0.3, 0.4) is 0 Å². The van der Waals surface area contributed by atoms with Gasteiger partial charge in [0, 0.05) is 65.4 Å². The first-order chi connectivity index (χ1) is 4.61. The Balaban J connectivity index is 0. The molecule has 0 spiro atoms. The van der Waals surface area contributed by atoms with E-state index in [9.17, 15) is 0 Å². The molecule has 1 heterocycles. The zero-order chi connectivity index (χ0) is 7.72. The molecule has 0 saturated heterocycles. The van der Waals surface area contributed by atoms with Crippen LogP contribution in [-0.2, 0) is 65.4 Å². The topological polar surface area (TPSA) is 25.8 Å². The van der Waals surface area contributed by atoms with E-state index in [4.69, 9.17) is 0 Å². The molecule has 0 unspecified atom stereocenters. The molecule has 0 N–H and O–H groups in total. The predicted octanol–water partition coefficient (Wildman–Crippen LogP) is 1.71. The second kappa shape index (κ2) is 6.70. The first-order valence-electron chi connectivity index (χ1n) is 3.39. The minimum absolute atomic E-state index is 0. The van der Waals surface area contributed by atoms with E-state index in [0.717, 1.165) is 22.8 Å². The van der Waals surface area contributed by atoms with Gasteiger partial charge in [0.15, 0.2) is 0 Å². The molecule has 0 aliphatic carbocycles. The van der Waals surface area contributed by atoms with Gasteiger partial charge >= 0.3 is 0 Å². The average Bonchev–Trinajstić information content (AvgIpc) is 1.84. The number of hydrogen-bond acceptors (Lipinski definition) is 2. The summed E-state index contributed by atoms with van der Waals surface area (Å²) in [6.45, 7) is 7.92. The van der Waals surface area contributed by atoms with Gasteiger partial charge in [-0.1, -0.05) is 0 Å². The monoisotopic (exact) mass is 314 g/mol. The smallest absolute Gasteiger partial charge is 0.0588 e. The van der Waals surface area contributed by atoms with Crippen molar-refractivity contribution >= 4 is 0 Å². The van der Waals surface area contributed by atoms with Crippen LogP contribution in [0.2, 0.25) is 0 Å². The van der Waals surface area contributed by atoms with Crippen molar-refractivity contribution in [3.05, 3.63) is 22.8 Å². The molecule has 1 aromatic rings. The molecule has 1 aromatic heterocycles. The van der Waals surface area contributed by atoms with Crippen LogP contribution in [-0.4, -0.2) is 9.97 Å².